The fourth-order valence-corrected chi connectivity index (χ4v) is 2.28. The Bertz CT molecular complexity index is 422. The highest BCUT2D eigenvalue weighted by molar-refractivity contribution is 5.34. The van der Waals surface area contributed by atoms with Gasteiger partial charge in [-0.3, -0.25) is 4.90 Å². The zero-order valence-electron chi connectivity index (χ0n) is 10.7. The van der Waals surface area contributed by atoms with Gasteiger partial charge in [-0.1, -0.05) is 0 Å². The molecule has 0 saturated carbocycles. The van der Waals surface area contributed by atoms with Gasteiger partial charge in [-0.25, -0.2) is 0 Å². The van der Waals surface area contributed by atoms with Crippen LogP contribution in [0.4, 0.5) is 19.0 Å². The number of aryl methyl sites for hydroxylation is 1. The summed E-state index contributed by atoms with van der Waals surface area (Å²) in [6, 6.07) is 1.87. The lowest BCUT2D eigenvalue weighted by Crippen LogP contribution is -2.33. The summed E-state index contributed by atoms with van der Waals surface area (Å²) in [6.45, 7) is 2.72. The number of halogens is 3. The maximum absolute atomic E-state index is 12.3. The van der Waals surface area contributed by atoms with E-state index in [0.717, 1.165) is 12.0 Å². The Morgan fingerprint density at radius 1 is 1.47 bits per heavy atom. The van der Waals surface area contributed by atoms with Gasteiger partial charge < -0.3 is 5.32 Å². The summed E-state index contributed by atoms with van der Waals surface area (Å²) in [7, 11) is 0. The Labute approximate surface area is 110 Å². The smallest absolute Gasteiger partial charge is 0.368 e. The molecule has 1 aromatic heterocycles. The average Bonchev–Trinajstić information content (AvgIpc) is 2.72. The number of aromatic nitrogens is 2. The van der Waals surface area contributed by atoms with Gasteiger partial charge in [0.25, 0.3) is 0 Å². The molecule has 4 nitrogen and oxygen atoms in total. The van der Waals surface area contributed by atoms with Crippen LogP contribution in [0.1, 0.15) is 12.0 Å². The molecule has 0 spiro atoms. The van der Waals surface area contributed by atoms with E-state index in [9.17, 15) is 13.2 Å². The molecule has 7 heteroatoms. The zero-order valence-corrected chi connectivity index (χ0v) is 10.7. The van der Waals surface area contributed by atoms with Crippen LogP contribution in [0, 0.1) is 12.8 Å². The summed E-state index contributed by atoms with van der Waals surface area (Å²) in [5.41, 5.74) is 1.00. The molecule has 2 rings (SSSR count). The molecule has 0 amide bonds. The minimum atomic E-state index is -4.11. The van der Waals surface area contributed by atoms with Crippen LogP contribution in [0.5, 0.6) is 0 Å². The Morgan fingerprint density at radius 3 is 2.95 bits per heavy atom. The van der Waals surface area contributed by atoms with Gasteiger partial charge in [0, 0.05) is 13.1 Å². The largest absolute Gasteiger partial charge is 0.401 e. The quantitative estimate of drug-likeness (QED) is 0.912. The number of hydrogen-bond donors (Lipinski definition) is 1. The molecule has 106 valence electrons. The Balaban J connectivity index is 1.76. The molecule has 1 N–H and O–H groups in total. The first-order valence-corrected chi connectivity index (χ1v) is 6.25. The third-order valence-corrected chi connectivity index (χ3v) is 3.14. The van der Waals surface area contributed by atoms with E-state index in [2.05, 4.69) is 15.5 Å². The van der Waals surface area contributed by atoms with Crippen molar-refractivity contribution in [3.05, 3.63) is 17.8 Å². The predicted octanol–water partition coefficient (Wildman–Crippen LogP) is 2.08. The van der Waals surface area contributed by atoms with Gasteiger partial charge in [0.15, 0.2) is 0 Å². The third-order valence-electron chi connectivity index (χ3n) is 3.14. The van der Waals surface area contributed by atoms with Crippen molar-refractivity contribution in [1.82, 2.24) is 15.1 Å². The van der Waals surface area contributed by atoms with Gasteiger partial charge in [-0.15, -0.1) is 5.10 Å². The standard InChI is InChI=1S/C12H17F3N4/c1-9-4-11(18-17-5-9)16-6-10-2-3-19(7-10)8-12(13,14)15/h4-5,10H,2-3,6-8H2,1H3,(H,16,18). The van der Waals surface area contributed by atoms with E-state index < -0.39 is 12.7 Å². The number of anilines is 1. The van der Waals surface area contributed by atoms with Gasteiger partial charge in [-0.2, -0.15) is 18.3 Å². The van der Waals surface area contributed by atoms with Crippen LogP contribution in [-0.2, 0) is 0 Å². The summed E-state index contributed by atoms with van der Waals surface area (Å²) in [4.78, 5) is 1.45. The van der Waals surface area contributed by atoms with E-state index in [-0.39, 0.29) is 5.92 Å². The van der Waals surface area contributed by atoms with Gasteiger partial charge in [0.1, 0.15) is 5.82 Å². The topological polar surface area (TPSA) is 41.1 Å². The van der Waals surface area contributed by atoms with Crippen LogP contribution in [-0.4, -0.2) is 47.5 Å². The number of hydrogen-bond acceptors (Lipinski definition) is 4. The molecule has 0 aliphatic carbocycles. The van der Waals surface area contributed by atoms with Crippen LogP contribution >= 0.6 is 0 Å². The Morgan fingerprint density at radius 2 is 2.26 bits per heavy atom. The van der Waals surface area contributed by atoms with Crippen LogP contribution < -0.4 is 5.32 Å². The molecule has 1 fully saturated rings. The number of rotatable bonds is 4. The van der Waals surface area contributed by atoms with E-state index in [1.165, 1.54) is 4.90 Å². The van der Waals surface area contributed by atoms with Gasteiger partial charge in [-0.05, 0) is 37.4 Å². The summed E-state index contributed by atoms with van der Waals surface area (Å²) < 4.78 is 36.8. The van der Waals surface area contributed by atoms with E-state index >= 15 is 0 Å². The molecule has 0 radical (unpaired) electrons. The second-order valence-electron chi connectivity index (χ2n) is 5.00. The number of likely N-dealkylation sites (tertiary alicyclic amines) is 1. The molecule has 1 aliphatic heterocycles. The van der Waals surface area contributed by atoms with E-state index in [1.807, 2.05) is 13.0 Å². The molecular formula is C12H17F3N4. The average molecular weight is 274 g/mol. The highest BCUT2D eigenvalue weighted by atomic mass is 19.4. The molecule has 0 aromatic carbocycles. The van der Waals surface area contributed by atoms with Crippen molar-refractivity contribution in [1.29, 1.82) is 0 Å². The van der Waals surface area contributed by atoms with E-state index in [4.69, 9.17) is 0 Å². The van der Waals surface area contributed by atoms with Gasteiger partial charge in [0.05, 0.1) is 12.7 Å². The minimum Gasteiger partial charge on any atom is -0.368 e. The molecule has 1 saturated heterocycles. The lowest BCUT2D eigenvalue weighted by atomic mass is 10.1. The number of nitrogens with zero attached hydrogens (tertiary/aromatic N) is 3. The molecule has 19 heavy (non-hydrogen) atoms. The zero-order chi connectivity index (χ0) is 13.9. The second-order valence-corrected chi connectivity index (χ2v) is 5.00. The van der Waals surface area contributed by atoms with E-state index in [0.29, 0.717) is 25.5 Å². The van der Waals surface area contributed by atoms with Crippen molar-refractivity contribution >= 4 is 5.82 Å². The van der Waals surface area contributed by atoms with Crippen LogP contribution in [0.3, 0.4) is 0 Å². The molecular weight excluding hydrogens is 257 g/mol. The minimum absolute atomic E-state index is 0.227. The maximum Gasteiger partial charge on any atom is 0.401 e. The normalized spacial score (nSPS) is 20.7. The molecule has 1 unspecified atom stereocenters. The van der Waals surface area contributed by atoms with Crippen molar-refractivity contribution in [2.45, 2.75) is 19.5 Å². The van der Waals surface area contributed by atoms with Gasteiger partial charge >= 0.3 is 6.18 Å². The van der Waals surface area contributed by atoms with E-state index in [1.54, 1.807) is 6.20 Å². The first kappa shape index (κ1) is 14.0. The monoisotopic (exact) mass is 274 g/mol. The second kappa shape index (κ2) is 5.73. The third kappa shape index (κ3) is 4.66. The summed E-state index contributed by atoms with van der Waals surface area (Å²) in [6.07, 6.45) is -1.67. The van der Waals surface area contributed by atoms with Crippen LogP contribution in [0.25, 0.3) is 0 Å². The van der Waals surface area contributed by atoms with Gasteiger partial charge in [0.2, 0.25) is 0 Å². The summed E-state index contributed by atoms with van der Waals surface area (Å²) in [5, 5.41) is 10.9. The number of alkyl halides is 3. The molecule has 1 aromatic rings. The predicted molar refractivity (Wildman–Crippen MR) is 65.9 cm³/mol. The van der Waals surface area contributed by atoms with Crippen LogP contribution in [0.15, 0.2) is 12.3 Å². The lowest BCUT2D eigenvalue weighted by Gasteiger charge is -2.18. The first-order chi connectivity index (χ1) is 8.92. The fraction of sp³-hybridized carbons (Fsp3) is 0.667. The highest BCUT2D eigenvalue weighted by Crippen LogP contribution is 2.22. The molecule has 1 aliphatic rings. The summed E-state index contributed by atoms with van der Waals surface area (Å²) >= 11 is 0. The molecule has 0 bridgehead atoms. The number of nitrogens with one attached hydrogen (secondary N) is 1. The Kier molecular flexibility index (Phi) is 4.24. The Hall–Kier alpha value is -1.37. The van der Waals surface area contributed by atoms with Crippen molar-refractivity contribution in [2.24, 2.45) is 5.92 Å². The molecule has 1 atom stereocenters. The fourth-order valence-electron chi connectivity index (χ4n) is 2.28. The van der Waals surface area contributed by atoms with Crippen molar-refractivity contribution in [2.75, 3.05) is 31.5 Å². The van der Waals surface area contributed by atoms with Crippen LogP contribution in [0.2, 0.25) is 0 Å². The maximum atomic E-state index is 12.3. The van der Waals surface area contributed by atoms with Crippen molar-refractivity contribution in [3.8, 4) is 0 Å². The molecule has 2 heterocycles. The first-order valence-electron chi connectivity index (χ1n) is 6.25. The van der Waals surface area contributed by atoms with Crippen molar-refractivity contribution in [3.63, 3.8) is 0 Å². The van der Waals surface area contributed by atoms with Crippen molar-refractivity contribution < 1.29 is 13.2 Å². The SMILES string of the molecule is Cc1cnnc(NCC2CCN(CC(F)(F)F)C2)c1. The summed E-state index contributed by atoms with van der Waals surface area (Å²) in [5.74, 6) is 0.902. The highest BCUT2D eigenvalue weighted by Gasteiger charge is 2.34. The lowest BCUT2D eigenvalue weighted by molar-refractivity contribution is -0.143.